The Morgan fingerprint density at radius 2 is 1.61 bits per heavy atom. The topological polar surface area (TPSA) is 146 Å². The van der Waals surface area contributed by atoms with Crippen LogP contribution in [0.15, 0.2) is 24.3 Å². The van der Waals surface area contributed by atoms with Crippen LogP contribution in [-0.2, 0) is 14.3 Å². The number of aromatic nitrogens is 2. The molecule has 0 saturated carbocycles. The molecule has 2 aromatic carbocycles. The Morgan fingerprint density at radius 1 is 0.944 bits per heavy atom. The molecule has 3 aromatic rings. The maximum absolute atomic E-state index is 13.4. The first-order valence-electron chi connectivity index (χ1n) is 10.6. The van der Waals surface area contributed by atoms with Gasteiger partial charge >= 0.3 is 11.9 Å². The lowest BCUT2D eigenvalue weighted by molar-refractivity contribution is -0.146. The van der Waals surface area contributed by atoms with Gasteiger partial charge in [0.15, 0.2) is 18.1 Å². The molecule has 3 rings (SSSR count). The second kappa shape index (κ2) is 11.6. The molecule has 0 fully saturated rings. The number of aromatic amines is 1. The molecule has 0 amide bonds. The monoisotopic (exact) mass is 496 g/mol. The number of rotatable bonds is 10. The predicted octanol–water partition coefficient (Wildman–Crippen LogP) is 2.59. The number of esters is 1. The van der Waals surface area contributed by atoms with Crippen molar-refractivity contribution >= 4 is 28.6 Å². The molecule has 2 N–H and O–H groups in total. The van der Waals surface area contributed by atoms with Crippen LogP contribution >= 0.6 is 0 Å². The van der Waals surface area contributed by atoms with E-state index in [-0.39, 0.29) is 36.5 Å². The van der Waals surface area contributed by atoms with Crippen molar-refractivity contribution in [1.82, 2.24) is 10.2 Å². The molecule has 0 aliphatic heterocycles. The number of carbonyl (C=O) groups excluding carboxylic acids is 2. The van der Waals surface area contributed by atoms with Gasteiger partial charge in [0.1, 0.15) is 17.0 Å². The first-order valence-corrected chi connectivity index (χ1v) is 10.6. The number of fused-ring (bicyclic) bond motifs is 1. The molecule has 36 heavy (non-hydrogen) atoms. The van der Waals surface area contributed by atoms with E-state index in [1.165, 1.54) is 28.4 Å². The second-order valence-corrected chi connectivity index (χ2v) is 7.24. The highest BCUT2D eigenvalue weighted by molar-refractivity contribution is 6.16. The zero-order valence-corrected chi connectivity index (χ0v) is 20.1. The average molecular weight is 496 g/mol. The number of H-pyrrole nitrogens is 1. The third kappa shape index (κ3) is 5.50. The standard InChI is InChI=1S/C25H24N2O9/c1-32-17-8-7-16-22(15(17)6-5-11-36-21(30)10-9-20(28)29)26-27-23(16)24(31)14-12-18(33-2)25(35-4)19(13-14)34-3/h7-8,12-13H,9-11H2,1-4H3,(H,26,27)(H,28,29). The average Bonchev–Trinajstić information content (AvgIpc) is 3.32. The van der Waals surface area contributed by atoms with Crippen molar-refractivity contribution in [2.75, 3.05) is 35.0 Å². The van der Waals surface area contributed by atoms with Gasteiger partial charge in [-0.2, -0.15) is 5.10 Å². The van der Waals surface area contributed by atoms with Crippen molar-refractivity contribution in [2.45, 2.75) is 12.8 Å². The van der Waals surface area contributed by atoms with Crippen LogP contribution in [0, 0.1) is 11.8 Å². The van der Waals surface area contributed by atoms with Gasteiger partial charge in [-0.25, -0.2) is 0 Å². The smallest absolute Gasteiger partial charge is 0.307 e. The van der Waals surface area contributed by atoms with Crippen molar-refractivity contribution in [3.05, 3.63) is 41.1 Å². The van der Waals surface area contributed by atoms with Crippen molar-refractivity contribution in [1.29, 1.82) is 0 Å². The van der Waals surface area contributed by atoms with Crippen LogP contribution in [-0.4, -0.2) is 68.1 Å². The quantitative estimate of drug-likeness (QED) is 0.244. The SMILES string of the molecule is COc1cc(C(=O)c2[nH]nc3c(C#CCOC(=O)CCC(=O)O)c(OC)ccc23)cc(OC)c1OC. The third-order valence-electron chi connectivity index (χ3n) is 5.12. The molecule has 188 valence electrons. The number of nitrogens with zero attached hydrogens (tertiary/aromatic N) is 1. The van der Waals surface area contributed by atoms with E-state index >= 15 is 0 Å². The third-order valence-corrected chi connectivity index (χ3v) is 5.12. The van der Waals surface area contributed by atoms with Gasteiger partial charge in [-0.15, -0.1) is 0 Å². The van der Waals surface area contributed by atoms with Crippen molar-refractivity contribution in [3.8, 4) is 34.8 Å². The molecule has 0 saturated heterocycles. The van der Waals surface area contributed by atoms with Gasteiger partial charge in [0.25, 0.3) is 0 Å². The van der Waals surface area contributed by atoms with E-state index in [4.69, 9.17) is 28.8 Å². The van der Waals surface area contributed by atoms with E-state index in [0.717, 1.165) is 0 Å². The lowest BCUT2D eigenvalue weighted by atomic mass is 10.0. The molecule has 0 radical (unpaired) electrons. The summed E-state index contributed by atoms with van der Waals surface area (Å²) in [6.45, 7) is -0.250. The fraction of sp³-hybridized carbons (Fsp3) is 0.280. The van der Waals surface area contributed by atoms with Crippen molar-refractivity contribution < 1.29 is 43.2 Å². The van der Waals surface area contributed by atoms with E-state index < -0.39 is 11.9 Å². The summed E-state index contributed by atoms with van der Waals surface area (Å²) < 4.78 is 26.3. The maximum Gasteiger partial charge on any atom is 0.307 e. The van der Waals surface area contributed by atoms with Gasteiger partial charge in [-0.05, 0) is 24.3 Å². The summed E-state index contributed by atoms with van der Waals surface area (Å²) in [4.78, 5) is 35.5. The lowest BCUT2D eigenvalue weighted by Gasteiger charge is -2.13. The van der Waals surface area contributed by atoms with Crippen molar-refractivity contribution in [2.24, 2.45) is 0 Å². The first-order chi connectivity index (χ1) is 17.3. The number of hydrogen-bond acceptors (Lipinski definition) is 9. The molecule has 1 aromatic heterocycles. The molecule has 0 aliphatic carbocycles. The summed E-state index contributed by atoms with van der Waals surface area (Å²) >= 11 is 0. The zero-order valence-electron chi connectivity index (χ0n) is 20.1. The Bertz CT molecular complexity index is 1340. The minimum atomic E-state index is -1.09. The van der Waals surface area contributed by atoms with Crippen LogP contribution in [0.3, 0.4) is 0 Å². The Morgan fingerprint density at radius 3 is 2.19 bits per heavy atom. The molecule has 0 spiro atoms. The minimum absolute atomic E-state index is 0.213. The number of benzene rings is 2. The minimum Gasteiger partial charge on any atom is -0.495 e. The number of hydrogen-bond donors (Lipinski definition) is 2. The first kappa shape index (κ1) is 25.9. The maximum atomic E-state index is 13.4. The van der Waals surface area contributed by atoms with Crippen LogP contribution in [0.2, 0.25) is 0 Å². The van der Waals surface area contributed by atoms with Crippen LogP contribution in [0.25, 0.3) is 10.9 Å². The Hall–Kier alpha value is -4.72. The lowest BCUT2D eigenvalue weighted by Crippen LogP contribution is -2.07. The van der Waals surface area contributed by atoms with Crippen LogP contribution in [0.5, 0.6) is 23.0 Å². The van der Waals surface area contributed by atoms with Crippen LogP contribution in [0.1, 0.15) is 34.5 Å². The second-order valence-electron chi connectivity index (χ2n) is 7.24. The van der Waals surface area contributed by atoms with Crippen LogP contribution < -0.4 is 18.9 Å². The Balaban J connectivity index is 1.94. The van der Waals surface area contributed by atoms with Gasteiger partial charge in [0.05, 0.1) is 46.8 Å². The number of nitrogens with one attached hydrogen (secondary N) is 1. The van der Waals surface area contributed by atoms with E-state index in [1.54, 1.807) is 24.3 Å². The van der Waals surface area contributed by atoms with E-state index in [1.807, 2.05) is 0 Å². The van der Waals surface area contributed by atoms with E-state index in [0.29, 0.717) is 39.5 Å². The number of carbonyl (C=O) groups is 3. The number of methoxy groups -OCH3 is 4. The fourth-order valence-electron chi connectivity index (χ4n) is 3.41. The number of aliphatic carboxylic acids is 1. The number of carboxylic acids is 1. The molecule has 1 heterocycles. The largest absolute Gasteiger partial charge is 0.495 e. The Kier molecular flexibility index (Phi) is 8.35. The van der Waals surface area contributed by atoms with Crippen molar-refractivity contribution in [3.63, 3.8) is 0 Å². The summed E-state index contributed by atoms with van der Waals surface area (Å²) in [5, 5.41) is 16.2. The van der Waals surface area contributed by atoms with Gasteiger partial charge in [-0.1, -0.05) is 11.8 Å². The highest BCUT2D eigenvalue weighted by atomic mass is 16.5. The van der Waals surface area contributed by atoms with Gasteiger partial charge in [0, 0.05) is 10.9 Å². The predicted molar refractivity (Wildman–Crippen MR) is 127 cm³/mol. The number of carboxylic acid groups (broad SMARTS) is 1. The van der Waals surface area contributed by atoms with Crippen LogP contribution in [0.4, 0.5) is 0 Å². The van der Waals surface area contributed by atoms with E-state index in [9.17, 15) is 14.4 Å². The molecule has 0 aliphatic rings. The molecule has 0 unspecified atom stereocenters. The number of ketones is 1. The highest BCUT2D eigenvalue weighted by Crippen LogP contribution is 2.39. The zero-order chi connectivity index (χ0) is 26.2. The summed E-state index contributed by atoms with van der Waals surface area (Å²) in [7, 11) is 5.85. The molecular weight excluding hydrogens is 472 g/mol. The molecule has 11 nitrogen and oxygen atoms in total. The number of ether oxygens (including phenoxy) is 5. The summed E-state index contributed by atoms with van der Waals surface area (Å²) in [5.41, 5.74) is 1.27. The molecule has 0 bridgehead atoms. The van der Waals surface area contributed by atoms with Gasteiger partial charge in [-0.3, -0.25) is 19.5 Å². The summed E-state index contributed by atoms with van der Waals surface area (Å²) in [5.74, 6) is 4.84. The molecular formula is C25H24N2O9. The normalized spacial score (nSPS) is 10.2. The fourth-order valence-corrected chi connectivity index (χ4v) is 3.41. The Labute approximate surface area is 206 Å². The van der Waals surface area contributed by atoms with Gasteiger partial charge in [0.2, 0.25) is 11.5 Å². The van der Waals surface area contributed by atoms with Gasteiger partial charge < -0.3 is 28.8 Å². The van der Waals surface area contributed by atoms with E-state index in [2.05, 4.69) is 22.0 Å². The highest BCUT2D eigenvalue weighted by Gasteiger charge is 2.22. The molecule has 0 atom stereocenters. The summed E-state index contributed by atoms with van der Waals surface area (Å²) in [6, 6.07) is 6.41. The molecule has 11 heteroatoms. The summed E-state index contributed by atoms with van der Waals surface area (Å²) in [6.07, 6.45) is -0.572.